The van der Waals surface area contributed by atoms with Gasteiger partial charge in [0.15, 0.2) is 0 Å². The normalized spacial score (nSPS) is 11.6. The highest BCUT2D eigenvalue weighted by Gasteiger charge is 2.16. The Morgan fingerprint density at radius 3 is 2.03 bits per heavy atom. The van der Waals surface area contributed by atoms with Crippen LogP contribution in [-0.4, -0.2) is 35.2 Å². The van der Waals surface area contributed by atoms with E-state index in [-0.39, 0.29) is 50.5 Å². The van der Waals surface area contributed by atoms with E-state index >= 15 is 0 Å². The fourth-order valence-corrected chi connectivity index (χ4v) is 5.75. The molecule has 0 aliphatic rings. The Balaban J connectivity index is 1.43. The number of hydrogen-bond donors (Lipinski definition) is 4. The molecule has 0 heterocycles. The van der Waals surface area contributed by atoms with Crippen LogP contribution in [0, 0.1) is 0 Å². The van der Waals surface area contributed by atoms with Crippen molar-refractivity contribution in [1.82, 2.24) is 15.6 Å². The molecule has 0 spiro atoms. The number of rotatable bonds is 10. The molecule has 0 unspecified atom stereocenters. The van der Waals surface area contributed by atoms with Crippen LogP contribution in [-0.2, 0) is 24.8 Å². The predicted molar refractivity (Wildman–Crippen MR) is 148 cm³/mol. The third kappa shape index (κ3) is 8.41. The molecule has 38 heavy (non-hydrogen) atoms. The first-order valence-corrected chi connectivity index (χ1v) is 15.3. The van der Waals surface area contributed by atoms with Crippen LogP contribution in [0.1, 0.15) is 23.2 Å². The van der Waals surface area contributed by atoms with E-state index in [1.165, 1.54) is 54.6 Å². The summed E-state index contributed by atoms with van der Waals surface area (Å²) in [5.74, 6) is -1.16. The van der Waals surface area contributed by atoms with E-state index in [0.717, 1.165) is 4.47 Å². The Bertz CT molecular complexity index is 1540. The van der Waals surface area contributed by atoms with Gasteiger partial charge in [-0.25, -0.2) is 21.6 Å². The number of hydrazine groups is 1. The average Bonchev–Trinajstić information content (AvgIpc) is 2.87. The lowest BCUT2D eigenvalue weighted by Gasteiger charge is -2.10. The van der Waals surface area contributed by atoms with Gasteiger partial charge in [0, 0.05) is 28.7 Å². The third-order valence-corrected chi connectivity index (χ3v) is 9.04. The molecular weight excluding hydrogens is 643 g/mol. The maximum absolute atomic E-state index is 12.5. The minimum absolute atomic E-state index is 0.0262. The second-order valence-corrected chi connectivity index (χ2v) is 12.9. The highest BCUT2D eigenvalue weighted by Crippen LogP contribution is 2.24. The molecule has 10 nitrogen and oxygen atoms in total. The Morgan fingerprint density at radius 1 is 0.763 bits per heavy atom. The number of halogens is 3. The molecule has 0 aromatic heterocycles. The molecule has 2 amide bonds. The molecule has 4 N–H and O–H groups in total. The molecule has 15 heteroatoms. The van der Waals surface area contributed by atoms with Crippen molar-refractivity contribution in [2.24, 2.45) is 0 Å². The summed E-state index contributed by atoms with van der Waals surface area (Å²) in [5, 5.41) is 0.322. The molecule has 0 bridgehead atoms. The van der Waals surface area contributed by atoms with E-state index < -0.39 is 31.9 Å². The van der Waals surface area contributed by atoms with E-state index in [1.54, 1.807) is 12.1 Å². The quantitative estimate of drug-likeness (QED) is 0.190. The van der Waals surface area contributed by atoms with Crippen molar-refractivity contribution in [2.75, 3.05) is 11.3 Å². The fraction of sp³-hybridized carbons (Fsp3) is 0.130. The maximum atomic E-state index is 12.5. The first-order valence-electron chi connectivity index (χ1n) is 10.8. The van der Waals surface area contributed by atoms with Gasteiger partial charge in [-0.3, -0.25) is 25.2 Å². The Labute approximate surface area is 238 Å². The number of carbonyl (C=O) groups is 2. The van der Waals surface area contributed by atoms with Gasteiger partial charge in [-0.2, -0.15) is 0 Å². The van der Waals surface area contributed by atoms with Crippen LogP contribution in [0.5, 0.6) is 0 Å². The van der Waals surface area contributed by atoms with Crippen molar-refractivity contribution in [1.29, 1.82) is 0 Å². The second-order valence-electron chi connectivity index (χ2n) is 7.72. The summed E-state index contributed by atoms with van der Waals surface area (Å²) in [5.41, 5.74) is 4.90. The Hall–Kier alpha value is -2.68. The van der Waals surface area contributed by atoms with Crippen LogP contribution in [0.15, 0.2) is 81.0 Å². The van der Waals surface area contributed by atoms with Crippen LogP contribution in [0.25, 0.3) is 0 Å². The van der Waals surface area contributed by atoms with E-state index in [0.29, 0.717) is 0 Å². The molecule has 0 radical (unpaired) electrons. The van der Waals surface area contributed by atoms with Gasteiger partial charge in [-0.1, -0.05) is 39.1 Å². The molecule has 3 aromatic rings. The summed E-state index contributed by atoms with van der Waals surface area (Å²) in [4.78, 5) is 24.3. The molecule has 3 aromatic carbocycles. The Morgan fingerprint density at radius 2 is 1.39 bits per heavy atom. The van der Waals surface area contributed by atoms with Gasteiger partial charge in [0.2, 0.25) is 15.9 Å². The van der Waals surface area contributed by atoms with Crippen LogP contribution in [0.3, 0.4) is 0 Å². The largest absolute Gasteiger partial charge is 0.280 e. The molecule has 0 saturated carbocycles. The zero-order chi connectivity index (χ0) is 27.9. The number of hydrogen-bond acceptors (Lipinski definition) is 6. The zero-order valence-corrected chi connectivity index (χ0v) is 24.1. The van der Waals surface area contributed by atoms with E-state index in [4.69, 9.17) is 23.2 Å². The molecule has 3 rings (SSSR count). The summed E-state index contributed by atoms with van der Waals surface area (Å²) in [6.07, 6.45) is 0.0937. The van der Waals surface area contributed by atoms with Gasteiger partial charge in [0.05, 0.1) is 19.8 Å². The molecular formula is C23H21BrCl2N4O6S2. The molecule has 0 fully saturated rings. The first-order chi connectivity index (χ1) is 17.9. The minimum atomic E-state index is -3.83. The number of amides is 2. The van der Waals surface area contributed by atoms with Crippen LogP contribution in [0.2, 0.25) is 10.0 Å². The highest BCUT2D eigenvalue weighted by molar-refractivity contribution is 9.10. The summed E-state index contributed by atoms with van der Waals surface area (Å²) in [7, 11) is -7.64. The lowest BCUT2D eigenvalue weighted by molar-refractivity contribution is -0.121. The van der Waals surface area contributed by atoms with Gasteiger partial charge < -0.3 is 0 Å². The molecule has 0 saturated heterocycles. The van der Waals surface area contributed by atoms with Crippen molar-refractivity contribution in [3.8, 4) is 0 Å². The summed E-state index contributed by atoms with van der Waals surface area (Å²) in [6, 6.07) is 15.6. The van der Waals surface area contributed by atoms with Gasteiger partial charge in [-0.15, -0.1) is 0 Å². The topological polar surface area (TPSA) is 151 Å². The van der Waals surface area contributed by atoms with Crippen molar-refractivity contribution in [2.45, 2.75) is 22.6 Å². The highest BCUT2D eigenvalue weighted by atomic mass is 79.9. The number of carbonyl (C=O) groups excluding carboxylic acids is 2. The van der Waals surface area contributed by atoms with E-state index in [9.17, 15) is 26.4 Å². The minimum Gasteiger partial charge on any atom is -0.280 e. The fourth-order valence-electron chi connectivity index (χ4n) is 2.96. The van der Waals surface area contributed by atoms with Crippen molar-refractivity contribution in [3.63, 3.8) is 0 Å². The monoisotopic (exact) mass is 662 g/mol. The molecule has 0 aliphatic carbocycles. The molecule has 202 valence electrons. The van der Waals surface area contributed by atoms with Gasteiger partial charge in [-0.05, 0) is 73.2 Å². The molecule has 0 aliphatic heterocycles. The summed E-state index contributed by atoms with van der Waals surface area (Å²) < 4.78 is 55.0. The second kappa shape index (κ2) is 12.9. The predicted octanol–water partition coefficient (Wildman–Crippen LogP) is 4.08. The standard InChI is InChI=1S/C23H21BrCl2N4O6S2/c24-16-5-9-18(10-6-16)38(35,36)30-17-7-3-15(4-8-17)23(32)29-28-22(31)2-1-13-27-37(33,34)19-11-12-20(25)21(26)14-19/h3-12,14,27,30H,1-2,13H2,(H,28,31)(H,29,32). The first kappa shape index (κ1) is 29.9. The smallest absolute Gasteiger partial charge is 0.269 e. The van der Waals surface area contributed by atoms with E-state index in [2.05, 4.69) is 36.2 Å². The summed E-state index contributed by atoms with van der Waals surface area (Å²) in [6.45, 7) is -0.0262. The van der Waals surface area contributed by atoms with Gasteiger partial charge in [0.25, 0.3) is 15.9 Å². The van der Waals surface area contributed by atoms with Crippen LogP contribution in [0.4, 0.5) is 5.69 Å². The number of sulfonamides is 2. The van der Waals surface area contributed by atoms with E-state index in [1.807, 2.05) is 0 Å². The van der Waals surface area contributed by atoms with Crippen molar-refractivity contribution >= 4 is 76.7 Å². The summed E-state index contributed by atoms with van der Waals surface area (Å²) >= 11 is 14.9. The number of anilines is 1. The SMILES string of the molecule is O=C(CCCNS(=O)(=O)c1ccc(Cl)c(Cl)c1)NNC(=O)c1ccc(NS(=O)(=O)c2ccc(Br)cc2)cc1. The lowest BCUT2D eigenvalue weighted by atomic mass is 10.2. The zero-order valence-electron chi connectivity index (χ0n) is 19.4. The van der Waals surface area contributed by atoms with Crippen molar-refractivity contribution < 1.29 is 26.4 Å². The molecule has 0 atom stereocenters. The number of nitrogens with one attached hydrogen (secondary N) is 4. The third-order valence-electron chi connectivity index (χ3n) is 4.91. The average molecular weight is 664 g/mol. The van der Waals surface area contributed by atoms with Crippen LogP contribution >= 0.6 is 39.1 Å². The lowest BCUT2D eigenvalue weighted by Crippen LogP contribution is -2.41. The van der Waals surface area contributed by atoms with Gasteiger partial charge in [0.1, 0.15) is 0 Å². The Kier molecular flexibility index (Phi) is 10.2. The van der Waals surface area contributed by atoms with Crippen LogP contribution < -0.4 is 20.3 Å². The van der Waals surface area contributed by atoms with Crippen molar-refractivity contribution in [3.05, 3.63) is 86.8 Å². The number of benzene rings is 3. The van der Waals surface area contributed by atoms with Gasteiger partial charge >= 0.3 is 0 Å². The maximum Gasteiger partial charge on any atom is 0.269 e.